The second kappa shape index (κ2) is 30.0. The van der Waals surface area contributed by atoms with Crippen molar-refractivity contribution >= 4 is 47.5 Å². The number of nitrogens with one attached hydrogen (secondary N) is 6. The van der Waals surface area contributed by atoms with E-state index >= 15 is 9.59 Å². The summed E-state index contributed by atoms with van der Waals surface area (Å²) in [5.74, 6) is -6.09. The van der Waals surface area contributed by atoms with E-state index in [1.165, 1.54) is 4.90 Å². The Morgan fingerprint density at radius 1 is 0.530 bits per heavy atom. The van der Waals surface area contributed by atoms with Crippen molar-refractivity contribution < 1.29 is 62.4 Å². The number of amides is 7. The van der Waals surface area contributed by atoms with Crippen molar-refractivity contribution in [3.8, 4) is 0 Å². The number of hydrogen-bond donors (Lipinski definition) is 7. The van der Waals surface area contributed by atoms with Gasteiger partial charge in [-0.05, 0) is 110 Å². The van der Waals surface area contributed by atoms with Crippen LogP contribution in [0.5, 0.6) is 0 Å². The summed E-state index contributed by atoms with van der Waals surface area (Å²) in [6, 6.07) is 28.6. The van der Waals surface area contributed by atoms with Crippen LogP contribution in [0.25, 0.3) is 0 Å². The van der Waals surface area contributed by atoms with Crippen LogP contribution >= 0.6 is 0 Å². The SMILES string of the molecule is CC(C)C[C@H](NC(=O)[C@H](Cc1ccccc1)NC(=O)[C@H](COC(c1ccccc1)(c1ccccc1)c1ccccc1)NC(=O)[C@H](COC(C)(C)C)NC(=O)CNC(=O)OC(C)(C)C)C(=O)N[C@@H](COC(C)(C)C)C(=O)N1CCC[C@H]1C(=O)O. The number of alkyl carbamates (subject to hydrolysis) is 1. The largest absolute Gasteiger partial charge is 0.480 e. The Morgan fingerprint density at radius 2 is 0.940 bits per heavy atom. The smallest absolute Gasteiger partial charge is 0.408 e. The van der Waals surface area contributed by atoms with E-state index in [4.69, 9.17) is 18.9 Å². The van der Waals surface area contributed by atoms with E-state index in [0.29, 0.717) is 28.7 Å². The Balaban J connectivity index is 1.56. The van der Waals surface area contributed by atoms with Gasteiger partial charge in [-0.1, -0.05) is 135 Å². The molecule has 1 fully saturated rings. The summed E-state index contributed by atoms with van der Waals surface area (Å²) in [5, 5.41) is 26.2. The molecule has 0 unspecified atom stereocenters. The molecule has 20 nitrogen and oxygen atoms in total. The first-order valence-electron chi connectivity index (χ1n) is 28.2. The average Bonchev–Trinajstić information content (AvgIpc) is 2.41. The van der Waals surface area contributed by atoms with E-state index in [-0.39, 0.29) is 44.9 Å². The Hall–Kier alpha value is -7.68. The van der Waals surface area contributed by atoms with Crippen LogP contribution in [0.2, 0.25) is 0 Å². The molecular weight excluding hydrogens is 1060 g/mol. The quantitative estimate of drug-likeness (QED) is 0.0342. The average molecular weight is 1150 g/mol. The summed E-state index contributed by atoms with van der Waals surface area (Å²) in [6.45, 7) is 17.6. The Kier molecular flexibility index (Phi) is 23.9. The van der Waals surface area contributed by atoms with Gasteiger partial charge >= 0.3 is 12.1 Å². The molecule has 1 saturated heterocycles. The summed E-state index contributed by atoms with van der Waals surface area (Å²) in [6.07, 6.45) is -0.198. The van der Waals surface area contributed by atoms with Gasteiger partial charge in [-0.3, -0.25) is 28.8 Å². The molecule has 83 heavy (non-hydrogen) atoms. The van der Waals surface area contributed by atoms with E-state index in [2.05, 4.69) is 31.9 Å². The highest BCUT2D eigenvalue weighted by Gasteiger charge is 2.42. The third-order valence-electron chi connectivity index (χ3n) is 13.1. The molecule has 0 saturated carbocycles. The number of likely N-dealkylation sites (tertiary alicyclic amines) is 1. The number of nitrogens with zero attached hydrogens (tertiary/aromatic N) is 1. The molecule has 450 valence electrons. The number of carboxylic acids is 1. The summed E-state index contributed by atoms with van der Waals surface area (Å²) in [4.78, 5) is 113. The molecule has 0 aliphatic carbocycles. The molecule has 0 spiro atoms. The van der Waals surface area contributed by atoms with Crippen molar-refractivity contribution in [3.63, 3.8) is 0 Å². The molecule has 0 aromatic heterocycles. The van der Waals surface area contributed by atoms with Crippen molar-refractivity contribution in [1.29, 1.82) is 0 Å². The van der Waals surface area contributed by atoms with Gasteiger partial charge in [0.1, 0.15) is 54.0 Å². The highest BCUT2D eigenvalue weighted by atomic mass is 16.6. The third-order valence-corrected chi connectivity index (χ3v) is 13.1. The fraction of sp³-hybridized carbons (Fsp3) is 0.492. The predicted octanol–water partition coefficient (Wildman–Crippen LogP) is 5.94. The lowest BCUT2D eigenvalue weighted by Gasteiger charge is -2.37. The third kappa shape index (κ3) is 20.9. The van der Waals surface area contributed by atoms with E-state index < -0.39 is 119 Å². The zero-order chi connectivity index (χ0) is 61.1. The molecule has 0 radical (unpaired) electrons. The molecule has 4 aromatic carbocycles. The first-order chi connectivity index (χ1) is 39.0. The lowest BCUT2D eigenvalue weighted by molar-refractivity contribution is -0.151. The van der Waals surface area contributed by atoms with Gasteiger partial charge in [-0.25, -0.2) is 9.59 Å². The van der Waals surface area contributed by atoms with Crippen LogP contribution in [-0.4, -0.2) is 143 Å². The summed E-state index contributed by atoms with van der Waals surface area (Å²) >= 11 is 0. The van der Waals surface area contributed by atoms with E-state index in [0.717, 1.165) is 0 Å². The minimum absolute atomic E-state index is 0.0795. The number of benzene rings is 4. The molecule has 4 aromatic rings. The van der Waals surface area contributed by atoms with Crippen LogP contribution in [0, 0.1) is 5.92 Å². The molecule has 5 rings (SSSR count). The number of rotatable bonds is 27. The number of carboxylic acid groups (broad SMARTS) is 1. The Morgan fingerprint density at radius 3 is 1.41 bits per heavy atom. The molecule has 1 aliphatic rings. The molecule has 20 heteroatoms. The minimum Gasteiger partial charge on any atom is -0.480 e. The molecule has 7 N–H and O–H groups in total. The lowest BCUT2D eigenvalue weighted by Crippen LogP contribution is -2.61. The Labute approximate surface area is 487 Å². The molecule has 7 amide bonds. The van der Waals surface area contributed by atoms with Crippen molar-refractivity contribution in [3.05, 3.63) is 144 Å². The first-order valence-corrected chi connectivity index (χ1v) is 28.2. The summed E-state index contributed by atoms with van der Waals surface area (Å²) in [5.41, 5.74) is -1.18. The van der Waals surface area contributed by atoms with Gasteiger partial charge in [0.05, 0.1) is 31.0 Å². The zero-order valence-electron chi connectivity index (χ0n) is 49.7. The standard InChI is InChI=1S/C63H85N7O13/c1-41(2)35-46(53(72)69-50(40-81-61(6,7)8)57(76)70-34-24-33-51(70)58(77)78)66-54(73)47(36-42-25-16-12-17-26-42)67-56(75)49(68-55(74)48(38-80-60(3,4)5)65-52(71)37-64-59(79)83-62(9,10)11)39-82-63(43-27-18-13-19-28-43,44-29-20-14-21-30-44)45-31-22-15-23-32-45/h12-23,25-32,41,46-51H,24,33-40H2,1-11H3,(H,64,79)(H,65,71)(H,66,73)(H,67,75)(H,68,74)(H,69,72)(H,77,78)/t46-,47-,48-,49-,50-,51-/m0/s1. The molecule has 0 bridgehead atoms. The summed E-state index contributed by atoms with van der Waals surface area (Å²) in [7, 11) is 0. The summed E-state index contributed by atoms with van der Waals surface area (Å²) < 4.78 is 24.4. The van der Waals surface area contributed by atoms with Gasteiger partial charge in [-0.2, -0.15) is 0 Å². The van der Waals surface area contributed by atoms with Gasteiger partial charge in [-0.15, -0.1) is 0 Å². The number of carbonyl (C=O) groups is 8. The van der Waals surface area contributed by atoms with Crippen molar-refractivity contribution in [2.45, 2.75) is 160 Å². The highest BCUT2D eigenvalue weighted by molar-refractivity contribution is 5.97. The fourth-order valence-corrected chi connectivity index (χ4v) is 9.23. The van der Waals surface area contributed by atoms with Crippen LogP contribution in [0.4, 0.5) is 4.79 Å². The molecule has 6 atom stereocenters. The van der Waals surface area contributed by atoms with Crippen molar-refractivity contribution in [2.24, 2.45) is 5.92 Å². The van der Waals surface area contributed by atoms with Gasteiger partial charge in [0.25, 0.3) is 0 Å². The fourth-order valence-electron chi connectivity index (χ4n) is 9.23. The van der Waals surface area contributed by atoms with Crippen LogP contribution in [-0.2, 0) is 64.5 Å². The topological polar surface area (TPSA) is 269 Å². The Bertz CT molecular complexity index is 2690. The predicted molar refractivity (Wildman–Crippen MR) is 312 cm³/mol. The maximum atomic E-state index is 15.4. The maximum Gasteiger partial charge on any atom is 0.408 e. The number of hydrogen-bond acceptors (Lipinski definition) is 12. The van der Waals surface area contributed by atoms with E-state index in [9.17, 15) is 33.9 Å². The van der Waals surface area contributed by atoms with Crippen molar-refractivity contribution in [1.82, 2.24) is 36.8 Å². The van der Waals surface area contributed by atoms with Gasteiger partial charge < -0.3 is 60.9 Å². The second-order valence-electron chi connectivity index (χ2n) is 24.0. The first kappa shape index (κ1) is 66.1. The van der Waals surface area contributed by atoms with Gasteiger partial charge in [0.15, 0.2) is 0 Å². The minimum atomic E-state index is -1.62. The zero-order valence-corrected chi connectivity index (χ0v) is 49.7. The van der Waals surface area contributed by atoms with E-state index in [1.54, 1.807) is 92.6 Å². The van der Waals surface area contributed by atoms with Crippen LogP contribution < -0.4 is 31.9 Å². The second-order valence-corrected chi connectivity index (χ2v) is 24.0. The highest BCUT2D eigenvalue weighted by Crippen LogP contribution is 2.40. The molecule has 1 heterocycles. The molecule has 1 aliphatic heterocycles. The number of ether oxygens (including phenoxy) is 4. The van der Waals surface area contributed by atoms with Crippen LogP contribution in [0.15, 0.2) is 121 Å². The van der Waals surface area contributed by atoms with Crippen molar-refractivity contribution in [2.75, 3.05) is 32.9 Å². The van der Waals surface area contributed by atoms with Crippen LogP contribution in [0.1, 0.15) is 118 Å². The van der Waals surface area contributed by atoms with Crippen LogP contribution in [0.3, 0.4) is 0 Å². The maximum absolute atomic E-state index is 15.4. The number of aliphatic carboxylic acids is 1. The van der Waals surface area contributed by atoms with E-state index in [1.807, 2.05) is 105 Å². The van der Waals surface area contributed by atoms with Gasteiger partial charge in [0.2, 0.25) is 35.4 Å². The molecular formula is C63H85N7O13. The number of carbonyl (C=O) groups excluding carboxylic acids is 7. The normalized spacial score (nSPS) is 15.6. The monoisotopic (exact) mass is 1150 g/mol. The lowest BCUT2D eigenvalue weighted by atomic mass is 9.80. The van der Waals surface area contributed by atoms with Gasteiger partial charge in [0, 0.05) is 13.0 Å².